The molecule has 2 aliphatic heterocycles. The summed E-state index contributed by atoms with van der Waals surface area (Å²) >= 11 is 1.67. The molecule has 160 valence electrons. The molecule has 1 N–H and O–H groups in total. The highest BCUT2D eigenvalue weighted by Crippen LogP contribution is 2.43. The Hall–Kier alpha value is -2.91. The minimum atomic E-state index is -0.0648. The van der Waals surface area contributed by atoms with Crippen LogP contribution in [0, 0.1) is 6.92 Å². The number of methoxy groups -OCH3 is 1. The van der Waals surface area contributed by atoms with Crippen LogP contribution < -0.4 is 10.1 Å². The summed E-state index contributed by atoms with van der Waals surface area (Å²) in [5.74, 6) is 1.41. The number of aliphatic imine (C=N–C) groups is 1. The fourth-order valence-electron chi connectivity index (χ4n) is 3.82. The van der Waals surface area contributed by atoms with E-state index in [2.05, 4.69) is 40.5 Å². The van der Waals surface area contributed by atoms with Gasteiger partial charge in [0.2, 0.25) is 5.95 Å². The number of aryl methyl sites for hydroxylation is 1. The van der Waals surface area contributed by atoms with Crippen LogP contribution in [-0.2, 0) is 11.3 Å². The molecular weight excluding hydrogens is 412 g/mol. The fraction of sp³-hybridized carbons (Fsp3) is 0.364. The predicted octanol–water partition coefficient (Wildman–Crippen LogP) is 3.75. The van der Waals surface area contributed by atoms with Gasteiger partial charge in [-0.2, -0.15) is 5.10 Å². The van der Waals surface area contributed by atoms with Gasteiger partial charge in [-0.15, -0.1) is 0 Å². The van der Waals surface area contributed by atoms with Gasteiger partial charge in [-0.25, -0.2) is 9.97 Å². The van der Waals surface area contributed by atoms with E-state index in [1.165, 1.54) is 0 Å². The number of nitrogens with one attached hydrogen (secondary N) is 1. The van der Waals surface area contributed by atoms with Crippen LogP contribution in [0.4, 0.5) is 5.95 Å². The van der Waals surface area contributed by atoms with Crippen molar-refractivity contribution in [2.45, 2.75) is 37.8 Å². The second-order valence-corrected chi connectivity index (χ2v) is 8.90. The Balaban J connectivity index is 1.40. The topological polar surface area (TPSA) is 86.5 Å². The Morgan fingerprint density at radius 3 is 2.87 bits per heavy atom. The SMILES string of the molecule is COc1ccc(Cn2cc3c(n2)C(C)OCC2SC(Nc4nccc(C)n4)=NC32)cc1. The number of thioether (sulfide) groups is 1. The summed E-state index contributed by atoms with van der Waals surface area (Å²) in [5.41, 5.74) is 4.15. The normalized spacial score (nSPS) is 22.3. The highest BCUT2D eigenvalue weighted by molar-refractivity contribution is 8.15. The number of rotatable bonds is 4. The minimum Gasteiger partial charge on any atom is -0.497 e. The monoisotopic (exact) mass is 436 g/mol. The van der Waals surface area contributed by atoms with Crippen molar-refractivity contribution >= 4 is 22.9 Å². The van der Waals surface area contributed by atoms with E-state index in [0.29, 0.717) is 19.1 Å². The van der Waals surface area contributed by atoms with Crippen LogP contribution >= 0.6 is 11.8 Å². The molecule has 5 rings (SSSR count). The zero-order chi connectivity index (χ0) is 21.4. The number of hydrogen-bond donors (Lipinski definition) is 1. The Bertz CT molecular complexity index is 1110. The Kier molecular flexibility index (Phi) is 5.37. The van der Waals surface area contributed by atoms with Crippen molar-refractivity contribution in [3.63, 3.8) is 0 Å². The van der Waals surface area contributed by atoms with E-state index < -0.39 is 0 Å². The molecule has 0 saturated heterocycles. The Morgan fingerprint density at radius 1 is 1.26 bits per heavy atom. The molecule has 3 unspecified atom stereocenters. The van der Waals surface area contributed by atoms with Gasteiger partial charge >= 0.3 is 0 Å². The van der Waals surface area contributed by atoms with E-state index >= 15 is 0 Å². The summed E-state index contributed by atoms with van der Waals surface area (Å²) in [4.78, 5) is 13.7. The molecule has 2 aliphatic rings. The highest BCUT2D eigenvalue weighted by Gasteiger charge is 2.38. The average Bonchev–Trinajstić information content (AvgIpc) is 3.34. The molecular formula is C22H24N6O2S. The Labute approximate surface area is 185 Å². The molecule has 8 nitrogen and oxygen atoms in total. The number of amidine groups is 1. The molecule has 3 aromatic rings. The molecule has 4 heterocycles. The van der Waals surface area contributed by atoms with Crippen molar-refractivity contribution < 1.29 is 9.47 Å². The van der Waals surface area contributed by atoms with Crippen LogP contribution in [0.5, 0.6) is 5.75 Å². The average molecular weight is 437 g/mol. The molecule has 9 heteroatoms. The first kappa shape index (κ1) is 20.0. The zero-order valence-corrected chi connectivity index (χ0v) is 18.5. The number of anilines is 1. The van der Waals surface area contributed by atoms with Crippen LogP contribution in [0.2, 0.25) is 0 Å². The number of aromatic nitrogens is 4. The maximum Gasteiger partial charge on any atom is 0.228 e. The molecule has 2 aromatic heterocycles. The lowest BCUT2D eigenvalue weighted by molar-refractivity contribution is 0.0676. The Morgan fingerprint density at radius 2 is 2.10 bits per heavy atom. The van der Waals surface area contributed by atoms with Crippen LogP contribution in [0.15, 0.2) is 47.7 Å². The quantitative estimate of drug-likeness (QED) is 0.666. The molecule has 0 aliphatic carbocycles. The first-order valence-electron chi connectivity index (χ1n) is 10.2. The molecule has 0 fully saturated rings. The van der Waals surface area contributed by atoms with Gasteiger partial charge in [0, 0.05) is 23.7 Å². The largest absolute Gasteiger partial charge is 0.497 e. The van der Waals surface area contributed by atoms with Crippen LogP contribution in [0.3, 0.4) is 0 Å². The van der Waals surface area contributed by atoms with Crippen molar-refractivity contribution in [1.29, 1.82) is 0 Å². The third kappa shape index (κ3) is 4.15. The number of benzene rings is 1. The summed E-state index contributed by atoms with van der Waals surface area (Å²) in [6.45, 7) is 5.30. The number of ether oxygens (including phenoxy) is 2. The second kappa shape index (κ2) is 8.32. The van der Waals surface area contributed by atoms with Gasteiger partial charge < -0.3 is 14.8 Å². The van der Waals surface area contributed by atoms with Crippen LogP contribution in [0.25, 0.3) is 0 Å². The molecule has 0 radical (unpaired) electrons. The first-order valence-corrected chi connectivity index (χ1v) is 11.1. The predicted molar refractivity (Wildman–Crippen MR) is 121 cm³/mol. The summed E-state index contributed by atoms with van der Waals surface area (Å²) in [5, 5.41) is 9.10. The maximum absolute atomic E-state index is 6.11. The van der Waals surface area contributed by atoms with Gasteiger partial charge in [0.05, 0.1) is 43.4 Å². The lowest BCUT2D eigenvalue weighted by atomic mass is 10.0. The summed E-state index contributed by atoms with van der Waals surface area (Å²) in [7, 11) is 1.67. The smallest absolute Gasteiger partial charge is 0.228 e. The van der Waals surface area contributed by atoms with Gasteiger partial charge in [-0.3, -0.25) is 9.67 Å². The van der Waals surface area contributed by atoms with Crippen LogP contribution in [0.1, 0.15) is 41.6 Å². The lowest BCUT2D eigenvalue weighted by Crippen LogP contribution is -2.16. The number of nitrogens with zero attached hydrogens (tertiary/aromatic N) is 5. The van der Waals surface area contributed by atoms with Gasteiger partial charge in [-0.1, -0.05) is 23.9 Å². The van der Waals surface area contributed by atoms with E-state index in [9.17, 15) is 0 Å². The zero-order valence-electron chi connectivity index (χ0n) is 17.6. The van der Waals surface area contributed by atoms with Crippen LogP contribution in [-0.4, -0.2) is 43.9 Å². The standard InChI is InChI=1S/C22H24N6O2S/c1-13-8-9-23-21(24-13)26-22-25-20-17-11-28(10-15-4-6-16(29-3)7-5-15)27-19(17)14(2)30-12-18(20)31-22/h4-9,11,14,18,20H,10,12H2,1-3H3,(H,23,24,25,26). The molecule has 1 aromatic carbocycles. The summed E-state index contributed by atoms with van der Waals surface area (Å²) in [6.07, 6.45) is 3.79. The number of hydrogen-bond acceptors (Lipinski definition) is 8. The van der Waals surface area contributed by atoms with Gasteiger partial charge in [0.1, 0.15) is 5.75 Å². The van der Waals surface area contributed by atoms with Gasteiger partial charge in [0.25, 0.3) is 0 Å². The molecule has 0 saturated carbocycles. The van der Waals surface area contributed by atoms with Crippen molar-refractivity contribution in [1.82, 2.24) is 19.7 Å². The van der Waals surface area contributed by atoms with Gasteiger partial charge in [0.15, 0.2) is 5.17 Å². The number of fused-ring (bicyclic) bond motifs is 3. The van der Waals surface area contributed by atoms with Crippen molar-refractivity contribution in [2.75, 3.05) is 19.0 Å². The third-order valence-corrected chi connectivity index (χ3v) is 6.55. The third-order valence-electron chi connectivity index (χ3n) is 5.42. The van der Waals surface area contributed by atoms with E-state index in [4.69, 9.17) is 19.6 Å². The van der Waals surface area contributed by atoms with E-state index in [-0.39, 0.29) is 17.4 Å². The van der Waals surface area contributed by atoms with Crippen molar-refractivity contribution in [3.8, 4) is 5.75 Å². The lowest BCUT2D eigenvalue weighted by Gasteiger charge is -2.13. The van der Waals surface area contributed by atoms with Gasteiger partial charge in [-0.05, 0) is 37.6 Å². The minimum absolute atomic E-state index is 0.0122. The molecule has 0 bridgehead atoms. The first-order chi connectivity index (χ1) is 15.1. The molecule has 31 heavy (non-hydrogen) atoms. The van der Waals surface area contributed by atoms with Crippen molar-refractivity contribution in [2.24, 2.45) is 4.99 Å². The molecule has 3 atom stereocenters. The maximum atomic E-state index is 6.11. The second-order valence-electron chi connectivity index (χ2n) is 7.67. The summed E-state index contributed by atoms with van der Waals surface area (Å²) in [6, 6.07) is 9.91. The van der Waals surface area contributed by atoms with Crippen molar-refractivity contribution in [3.05, 3.63) is 65.2 Å². The van der Waals surface area contributed by atoms with E-state index in [1.54, 1.807) is 25.1 Å². The fourth-order valence-corrected chi connectivity index (χ4v) is 4.92. The van der Waals surface area contributed by atoms with E-state index in [0.717, 1.165) is 33.4 Å². The highest BCUT2D eigenvalue weighted by atomic mass is 32.2. The molecule has 0 spiro atoms. The van der Waals surface area contributed by atoms with E-state index in [1.807, 2.05) is 29.8 Å². The molecule has 0 amide bonds. The summed E-state index contributed by atoms with van der Waals surface area (Å²) < 4.78 is 13.3.